The summed E-state index contributed by atoms with van der Waals surface area (Å²) in [5.74, 6) is 0. The van der Waals surface area contributed by atoms with Crippen LogP contribution in [0.3, 0.4) is 0 Å². The smallest absolute Gasteiger partial charge is 0.358 e. The van der Waals surface area contributed by atoms with Gasteiger partial charge in [0.05, 0.1) is 16.0 Å². The van der Waals surface area contributed by atoms with E-state index in [-0.39, 0.29) is 31.2 Å². The molecule has 0 fully saturated rings. The number of alkyl halides is 6. The molecule has 0 radical (unpaired) electrons. The number of aromatic amines is 1. The van der Waals surface area contributed by atoms with E-state index in [9.17, 15) is 34.8 Å². The average Bonchev–Trinajstić information content (AvgIpc) is 2.95. The van der Waals surface area contributed by atoms with Gasteiger partial charge in [-0.1, -0.05) is 18.2 Å². The second kappa shape index (κ2) is 7.62. The van der Waals surface area contributed by atoms with E-state index in [0.29, 0.717) is 0 Å². The van der Waals surface area contributed by atoms with Gasteiger partial charge in [0.1, 0.15) is 0 Å². The van der Waals surface area contributed by atoms with Crippen molar-refractivity contribution in [2.24, 2.45) is 0 Å². The molecule has 0 saturated heterocycles. The van der Waals surface area contributed by atoms with E-state index in [0.717, 1.165) is 22.2 Å². The lowest BCUT2D eigenvalue weighted by atomic mass is 10.1. The zero-order valence-corrected chi connectivity index (χ0v) is 16.3. The third-order valence-electron chi connectivity index (χ3n) is 4.57. The third kappa shape index (κ3) is 4.62. The molecule has 0 unspecified atom stereocenters. The highest BCUT2D eigenvalue weighted by atomic mass is 32.2. The molecule has 4 nitrogen and oxygen atoms in total. The van der Waals surface area contributed by atoms with Crippen molar-refractivity contribution in [3.8, 4) is 0 Å². The molecule has 11 heteroatoms. The molecule has 1 aromatic heterocycles. The molecule has 1 heterocycles. The summed E-state index contributed by atoms with van der Waals surface area (Å²) in [4.78, 5) is 2.03. The fourth-order valence-corrected chi connectivity index (χ4v) is 4.23. The van der Waals surface area contributed by atoms with Crippen molar-refractivity contribution in [3.63, 3.8) is 0 Å². The molecular weight excluding hydrogens is 434 g/mol. The third-order valence-corrected chi connectivity index (χ3v) is 6.01. The summed E-state index contributed by atoms with van der Waals surface area (Å²) in [6, 6.07) is 7.53. The zero-order chi connectivity index (χ0) is 22.3. The van der Waals surface area contributed by atoms with Crippen molar-refractivity contribution in [1.29, 1.82) is 0 Å². The number of aromatic nitrogens is 1. The van der Waals surface area contributed by atoms with Crippen molar-refractivity contribution in [2.75, 3.05) is 6.54 Å². The normalized spacial score (nSPS) is 13.2. The minimum absolute atomic E-state index is 0.117. The molecule has 0 bridgehead atoms. The fourth-order valence-electron chi connectivity index (χ4n) is 3.13. The highest BCUT2D eigenvalue weighted by molar-refractivity contribution is 7.89. The SMILES string of the molecule is Cc1[nH]c2ccccc2c1CCNS(=O)(=O)c1cc(C(F)(F)F)cc(C(F)(F)F)c1. The maximum atomic E-state index is 13.0. The molecule has 2 N–H and O–H groups in total. The topological polar surface area (TPSA) is 62.0 Å². The zero-order valence-electron chi connectivity index (χ0n) is 15.4. The monoisotopic (exact) mass is 450 g/mol. The molecular formula is C19H16F6N2O2S. The quantitative estimate of drug-likeness (QED) is 0.536. The van der Waals surface area contributed by atoms with Crippen LogP contribution in [0.25, 0.3) is 10.9 Å². The number of benzene rings is 2. The van der Waals surface area contributed by atoms with Crippen LogP contribution in [-0.4, -0.2) is 19.9 Å². The van der Waals surface area contributed by atoms with Gasteiger partial charge in [0.15, 0.2) is 0 Å². The van der Waals surface area contributed by atoms with E-state index in [1.807, 2.05) is 18.2 Å². The number of halogens is 6. The van der Waals surface area contributed by atoms with Crippen molar-refractivity contribution in [3.05, 3.63) is 64.8 Å². The predicted molar refractivity (Wildman–Crippen MR) is 98.4 cm³/mol. The molecule has 0 aliphatic carbocycles. The number of H-pyrrole nitrogens is 1. The first-order valence-corrected chi connectivity index (χ1v) is 10.1. The summed E-state index contributed by atoms with van der Waals surface area (Å²) in [6.45, 7) is 1.58. The number of sulfonamides is 1. The first-order chi connectivity index (χ1) is 13.8. The Kier molecular flexibility index (Phi) is 5.63. The minimum Gasteiger partial charge on any atom is -0.358 e. The predicted octanol–water partition coefficient (Wildman–Crippen LogP) is 5.03. The van der Waals surface area contributed by atoms with Crippen LogP contribution in [0.5, 0.6) is 0 Å². The fraction of sp³-hybridized carbons (Fsp3) is 0.263. The van der Waals surface area contributed by atoms with Crippen LogP contribution < -0.4 is 4.72 Å². The largest absolute Gasteiger partial charge is 0.416 e. The second-order valence-electron chi connectivity index (χ2n) is 6.66. The summed E-state index contributed by atoms with van der Waals surface area (Å²) in [6.07, 6.45) is -10.1. The summed E-state index contributed by atoms with van der Waals surface area (Å²) in [5.41, 5.74) is -0.960. The van der Waals surface area contributed by atoms with Crippen LogP contribution in [0.1, 0.15) is 22.4 Å². The van der Waals surface area contributed by atoms with Gasteiger partial charge in [0.2, 0.25) is 10.0 Å². The highest BCUT2D eigenvalue weighted by Gasteiger charge is 2.38. The van der Waals surface area contributed by atoms with Gasteiger partial charge < -0.3 is 4.98 Å². The Labute approximate surface area is 168 Å². The molecule has 2 aromatic carbocycles. The Morgan fingerprint density at radius 1 is 0.933 bits per heavy atom. The Bertz CT molecular complexity index is 1150. The van der Waals surface area contributed by atoms with Crippen molar-refractivity contribution >= 4 is 20.9 Å². The molecule has 0 aliphatic heterocycles. The molecule has 3 rings (SSSR count). The highest BCUT2D eigenvalue weighted by Crippen LogP contribution is 2.37. The number of nitrogens with one attached hydrogen (secondary N) is 2. The minimum atomic E-state index is -5.13. The lowest BCUT2D eigenvalue weighted by Crippen LogP contribution is -2.27. The Hall–Kier alpha value is -2.53. The van der Waals surface area contributed by atoms with E-state index >= 15 is 0 Å². The standard InChI is InChI=1S/C19H16F6N2O2S/c1-11-15(16-4-2-3-5-17(16)27-11)6-7-26-30(28,29)14-9-12(18(20,21)22)8-13(10-14)19(23,24)25/h2-5,8-10,26-27H,6-7H2,1H3. The summed E-state index contributed by atoms with van der Waals surface area (Å²) < 4.78 is 105. The number of hydrogen-bond donors (Lipinski definition) is 2. The van der Waals surface area contributed by atoms with Gasteiger partial charge in [-0.05, 0) is 43.2 Å². The first kappa shape index (κ1) is 22.2. The lowest BCUT2D eigenvalue weighted by molar-refractivity contribution is -0.143. The Morgan fingerprint density at radius 3 is 2.07 bits per heavy atom. The number of aryl methyl sites for hydroxylation is 1. The maximum absolute atomic E-state index is 13.0. The number of rotatable bonds is 5. The molecule has 0 spiro atoms. The molecule has 0 aliphatic rings. The van der Waals surface area contributed by atoms with Crippen molar-refractivity contribution in [2.45, 2.75) is 30.6 Å². The summed E-state index contributed by atoms with van der Waals surface area (Å²) in [5, 5.41) is 0.854. The first-order valence-electron chi connectivity index (χ1n) is 8.64. The van der Waals surface area contributed by atoms with Crippen LogP contribution in [0, 0.1) is 6.92 Å². The average molecular weight is 450 g/mol. The van der Waals surface area contributed by atoms with Gasteiger partial charge >= 0.3 is 12.4 Å². The lowest BCUT2D eigenvalue weighted by Gasteiger charge is -2.15. The van der Waals surface area contributed by atoms with E-state index in [2.05, 4.69) is 9.71 Å². The van der Waals surface area contributed by atoms with Crippen molar-refractivity contribution in [1.82, 2.24) is 9.71 Å². The maximum Gasteiger partial charge on any atom is 0.416 e. The van der Waals surface area contributed by atoms with Crippen LogP contribution >= 0.6 is 0 Å². The van der Waals surface area contributed by atoms with Gasteiger partial charge in [-0.15, -0.1) is 0 Å². The Morgan fingerprint density at radius 2 is 1.50 bits per heavy atom. The van der Waals surface area contributed by atoms with Gasteiger partial charge in [-0.3, -0.25) is 0 Å². The van der Waals surface area contributed by atoms with Gasteiger partial charge in [-0.2, -0.15) is 26.3 Å². The van der Waals surface area contributed by atoms with Gasteiger partial charge in [0.25, 0.3) is 0 Å². The number of hydrogen-bond acceptors (Lipinski definition) is 2. The van der Waals surface area contributed by atoms with Gasteiger partial charge in [-0.25, -0.2) is 13.1 Å². The van der Waals surface area contributed by atoms with E-state index in [1.165, 1.54) is 0 Å². The van der Waals surface area contributed by atoms with E-state index in [4.69, 9.17) is 0 Å². The Balaban J connectivity index is 1.87. The second-order valence-corrected chi connectivity index (χ2v) is 8.43. The number of fused-ring (bicyclic) bond motifs is 1. The molecule has 3 aromatic rings. The molecule has 0 amide bonds. The van der Waals surface area contributed by atoms with E-state index in [1.54, 1.807) is 13.0 Å². The number of para-hydroxylation sites is 1. The van der Waals surface area contributed by atoms with Crippen LogP contribution in [0.4, 0.5) is 26.3 Å². The van der Waals surface area contributed by atoms with Crippen LogP contribution in [0.2, 0.25) is 0 Å². The summed E-state index contributed by atoms with van der Waals surface area (Å²) >= 11 is 0. The van der Waals surface area contributed by atoms with Crippen LogP contribution in [-0.2, 0) is 28.8 Å². The molecule has 30 heavy (non-hydrogen) atoms. The summed E-state index contributed by atoms with van der Waals surface area (Å²) in [7, 11) is -4.61. The van der Waals surface area contributed by atoms with Gasteiger partial charge in [0, 0.05) is 23.1 Å². The van der Waals surface area contributed by atoms with Crippen molar-refractivity contribution < 1.29 is 34.8 Å². The van der Waals surface area contributed by atoms with E-state index < -0.39 is 38.4 Å². The molecule has 0 atom stereocenters. The van der Waals surface area contributed by atoms with Crippen LogP contribution in [0.15, 0.2) is 47.4 Å². The molecule has 162 valence electrons. The molecule has 0 saturated carbocycles.